The minimum Gasteiger partial charge on any atom is -0.0616 e. The van der Waals surface area contributed by atoms with Gasteiger partial charge >= 0.3 is 0 Å². The number of rotatable bonds is 2. The van der Waals surface area contributed by atoms with Crippen LogP contribution >= 0.6 is 0 Å². The molecule has 0 nitrogen and oxygen atoms in total. The molecule has 0 fully saturated rings. The molecule has 0 heterocycles. The van der Waals surface area contributed by atoms with Crippen molar-refractivity contribution in [3.63, 3.8) is 0 Å². The van der Waals surface area contributed by atoms with Gasteiger partial charge in [0.05, 0.1) is 0 Å². The van der Waals surface area contributed by atoms with E-state index in [1.54, 1.807) is 0 Å². The molecule has 9 aromatic rings. The van der Waals surface area contributed by atoms with E-state index in [-0.39, 0.29) is 0 Å². The summed E-state index contributed by atoms with van der Waals surface area (Å²) in [6.07, 6.45) is 0. The minimum absolute atomic E-state index is 1.24. The summed E-state index contributed by atoms with van der Waals surface area (Å²) in [7, 11) is 0. The van der Waals surface area contributed by atoms with Gasteiger partial charge in [0.2, 0.25) is 0 Å². The summed E-state index contributed by atoms with van der Waals surface area (Å²) in [5.41, 5.74) is 12.8. The summed E-state index contributed by atoms with van der Waals surface area (Å²) in [4.78, 5) is 0. The first kappa shape index (κ1) is 25.4. The van der Waals surface area contributed by atoms with Gasteiger partial charge in [0, 0.05) is 0 Å². The van der Waals surface area contributed by atoms with E-state index >= 15 is 0 Å². The highest BCUT2D eigenvalue weighted by molar-refractivity contribution is 6.22. The third-order valence-electron chi connectivity index (χ3n) is 9.98. The van der Waals surface area contributed by atoms with E-state index in [4.69, 9.17) is 0 Å². The predicted octanol–water partition coefficient (Wildman–Crippen LogP) is 12.9. The molecule has 0 atom stereocenters. The minimum atomic E-state index is 1.24. The largest absolute Gasteiger partial charge is 0.0616 e. The lowest BCUT2D eigenvalue weighted by atomic mass is 9.84. The van der Waals surface area contributed by atoms with Crippen LogP contribution < -0.4 is 0 Å². The Bertz CT molecular complexity index is 2630. The zero-order chi connectivity index (χ0) is 30.2. The van der Waals surface area contributed by atoms with E-state index in [9.17, 15) is 0 Å². The fourth-order valence-corrected chi connectivity index (χ4v) is 8.00. The molecule has 0 heteroatoms. The SMILES string of the molecule is c1ccc2c(c1)-c1cc(-c3c4ccccc4c(-c4ccc5ccccc5c4)c4ccccc34)ccc1-c1cccc3cccc-2c13. The van der Waals surface area contributed by atoms with Crippen LogP contribution in [0.1, 0.15) is 0 Å². The summed E-state index contributed by atoms with van der Waals surface area (Å²) in [6.45, 7) is 0. The van der Waals surface area contributed by atoms with Gasteiger partial charge in [-0.05, 0) is 111 Å². The predicted molar refractivity (Wildman–Crippen MR) is 197 cm³/mol. The first-order valence-electron chi connectivity index (χ1n) is 16.0. The van der Waals surface area contributed by atoms with Crippen molar-refractivity contribution in [3.05, 3.63) is 170 Å². The number of fused-ring (bicyclic) bond motifs is 8. The second-order valence-electron chi connectivity index (χ2n) is 12.4. The zero-order valence-corrected chi connectivity index (χ0v) is 25.2. The summed E-state index contributed by atoms with van der Waals surface area (Å²) >= 11 is 0. The molecule has 0 bridgehead atoms. The second kappa shape index (κ2) is 9.76. The standard InChI is InChI=1S/C46H28/c1-2-12-31-27-32(24-23-29(31)11-1)45-39-17-5-7-19-41(39)46(42-20-8-6-18-40(42)45)33-25-26-36-38-22-10-14-30-13-9-21-37(44(30)38)34-15-3-4-16-35(34)43(36)28-33/h1-28H. The maximum absolute atomic E-state index is 2.45. The molecule has 0 saturated carbocycles. The van der Waals surface area contributed by atoms with Crippen molar-refractivity contribution in [2.45, 2.75) is 0 Å². The third-order valence-corrected chi connectivity index (χ3v) is 9.98. The maximum atomic E-state index is 2.45. The molecule has 212 valence electrons. The normalized spacial score (nSPS) is 11.9. The summed E-state index contributed by atoms with van der Waals surface area (Å²) < 4.78 is 0. The summed E-state index contributed by atoms with van der Waals surface area (Å²) in [6, 6.07) is 62.9. The Morgan fingerprint density at radius 3 is 1.30 bits per heavy atom. The third kappa shape index (κ3) is 3.62. The lowest BCUT2D eigenvalue weighted by molar-refractivity contribution is 1.61. The molecule has 46 heavy (non-hydrogen) atoms. The monoisotopic (exact) mass is 580 g/mol. The van der Waals surface area contributed by atoms with Crippen molar-refractivity contribution >= 4 is 43.1 Å². The van der Waals surface area contributed by atoms with E-state index in [1.807, 2.05) is 0 Å². The number of hydrogen-bond donors (Lipinski definition) is 0. The highest BCUT2D eigenvalue weighted by atomic mass is 14.3. The Kier molecular flexibility index (Phi) is 5.38. The molecule has 0 unspecified atom stereocenters. The van der Waals surface area contributed by atoms with Crippen LogP contribution in [0.25, 0.3) is 98.7 Å². The van der Waals surface area contributed by atoms with Gasteiger partial charge in [-0.1, -0.05) is 158 Å². The lowest BCUT2D eigenvalue weighted by Gasteiger charge is -2.19. The van der Waals surface area contributed by atoms with Gasteiger partial charge in [0.1, 0.15) is 0 Å². The van der Waals surface area contributed by atoms with Crippen LogP contribution in [-0.4, -0.2) is 0 Å². The molecule has 1 aliphatic rings. The second-order valence-corrected chi connectivity index (χ2v) is 12.4. The van der Waals surface area contributed by atoms with Gasteiger partial charge < -0.3 is 0 Å². The molecule has 0 aromatic heterocycles. The molecule has 0 aliphatic heterocycles. The first-order chi connectivity index (χ1) is 22.8. The molecule has 0 N–H and O–H groups in total. The Morgan fingerprint density at radius 1 is 0.239 bits per heavy atom. The van der Waals surface area contributed by atoms with Crippen LogP contribution in [0.3, 0.4) is 0 Å². The Hall–Kier alpha value is -5.98. The zero-order valence-electron chi connectivity index (χ0n) is 25.2. The van der Waals surface area contributed by atoms with Gasteiger partial charge in [0.25, 0.3) is 0 Å². The van der Waals surface area contributed by atoms with Gasteiger partial charge in [-0.15, -0.1) is 0 Å². The lowest BCUT2D eigenvalue weighted by Crippen LogP contribution is -1.92. The molecule has 0 radical (unpaired) electrons. The van der Waals surface area contributed by atoms with Gasteiger partial charge in [-0.25, -0.2) is 0 Å². The molecular weight excluding hydrogens is 553 g/mol. The molecule has 9 aromatic carbocycles. The smallest absolute Gasteiger partial charge is 0.00261 e. The molecular formula is C46H28. The fraction of sp³-hybridized carbons (Fsp3) is 0. The van der Waals surface area contributed by atoms with E-state index in [0.29, 0.717) is 0 Å². The van der Waals surface area contributed by atoms with Gasteiger partial charge in [0.15, 0.2) is 0 Å². The highest BCUT2D eigenvalue weighted by Gasteiger charge is 2.23. The molecule has 10 rings (SSSR count). The van der Waals surface area contributed by atoms with Crippen molar-refractivity contribution in [2.75, 3.05) is 0 Å². The van der Waals surface area contributed by atoms with Gasteiger partial charge in [-0.3, -0.25) is 0 Å². The molecule has 0 saturated heterocycles. The summed E-state index contributed by atoms with van der Waals surface area (Å²) in [5.74, 6) is 0. The number of hydrogen-bond acceptors (Lipinski definition) is 0. The van der Waals surface area contributed by atoms with Crippen LogP contribution in [0.2, 0.25) is 0 Å². The Morgan fingerprint density at radius 2 is 0.674 bits per heavy atom. The average Bonchev–Trinajstić information content (AvgIpc) is 3.24. The Labute approximate surface area is 267 Å². The van der Waals surface area contributed by atoms with Crippen molar-refractivity contribution in [1.29, 1.82) is 0 Å². The van der Waals surface area contributed by atoms with Crippen molar-refractivity contribution in [1.82, 2.24) is 0 Å². The molecule has 1 aliphatic carbocycles. The van der Waals surface area contributed by atoms with E-state index < -0.39 is 0 Å². The van der Waals surface area contributed by atoms with E-state index in [1.165, 1.54) is 98.7 Å². The number of benzene rings is 9. The fourth-order valence-electron chi connectivity index (χ4n) is 8.00. The first-order valence-corrected chi connectivity index (χ1v) is 16.0. The maximum Gasteiger partial charge on any atom is -0.00261 e. The summed E-state index contributed by atoms with van der Waals surface area (Å²) in [5, 5.41) is 10.2. The highest BCUT2D eigenvalue weighted by Crippen LogP contribution is 2.50. The van der Waals surface area contributed by atoms with Crippen LogP contribution in [0.15, 0.2) is 170 Å². The topological polar surface area (TPSA) is 0 Å². The van der Waals surface area contributed by atoms with Crippen LogP contribution in [0.4, 0.5) is 0 Å². The van der Waals surface area contributed by atoms with Crippen LogP contribution in [-0.2, 0) is 0 Å². The van der Waals surface area contributed by atoms with E-state index in [0.717, 1.165) is 0 Å². The van der Waals surface area contributed by atoms with Crippen molar-refractivity contribution < 1.29 is 0 Å². The Balaban J connectivity index is 1.29. The van der Waals surface area contributed by atoms with Crippen LogP contribution in [0.5, 0.6) is 0 Å². The average molecular weight is 581 g/mol. The van der Waals surface area contributed by atoms with E-state index in [2.05, 4.69) is 170 Å². The van der Waals surface area contributed by atoms with Crippen molar-refractivity contribution in [2.24, 2.45) is 0 Å². The molecule has 0 spiro atoms. The van der Waals surface area contributed by atoms with Crippen LogP contribution in [0, 0.1) is 0 Å². The molecule has 0 amide bonds. The van der Waals surface area contributed by atoms with Crippen molar-refractivity contribution in [3.8, 4) is 55.6 Å². The quantitative estimate of drug-likeness (QED) is 0.178. The van der Waals surface area contributed by atoms with Gasteiger partial charge in [-0.2, -0.15) is 0 Å².